The number of likely N-dealkylation sites (tertiary alicyclic amines) is 1. The Morgan fingerprint density at radius 1 is 1.03 bits per heavy atom. The largest absolute Gasteiger partial charge is 0.496 e. The zero-order valence-corrected chi connectivity index (χ0v) is 18.0. The van der Waals surface area contributed by atoms with Gasteiger partial charge in [0.2, 0.25) is 5.91 Å². The quantitative estimate of drug-likeness (QED) is 0.633. The Balaban J connectivity index is 1.44. The minimum Gasteiger partial charge on any atom is -0.496 e. The smallest absolute Gasteiger partial charge is 0.257 e. The average molecular weight is 438 g/mol. The van der Waals surface area contributed by atoms with E-state index in [1.165, 1.54) is 0 Å². The van der Waals surface area contributed by atoms with E-state index in [1.54, 1.807) is 24.1 Å². The highest BCUT2D eigenvalue weighted by Crippen LogP contribution is 2.32. The van der Waals surface area contributed by atoms with Gasteiger partial charge in [-0.15, -0.1) is 0 Å². The Morgan fingerprint density at radius 3 is 2.35 bits per heavy atom. The van der Waals surface area contributed by atoms with Crippen LogP contribution in [0.5, 0.6) is 5.75 Å². The number of amides is 2. The van der Waals surface area contributed by atoms with Crippen LogP contribution in [0.4, 0.5) is 5.69 Å². The standard InChI is InChI=1S/C24H24ClN3O3/c1-31-22-16-21(27-11-5-6-12-27)20(25)15-19(22)24(30)28-13-9-17(10-14-28)23(29)26-18-7-3-2-4-8-18/h2-8,11-12,15-17H,9-10,13-14H2,1H3,(H,26,29). The maximum absolute atomic E-state index is 13.2. The molecular formula is C24H24ClN3O3. The first kappa shape index (κ1) is 21.0. The van der Waals surface area contributed by atoms with E-state index in [4.69, 9.17) is 16.3 Å². The van der Waals surface area contributed by atoms with Gasteiger partial charge in [-0.3, -0.25) is 9.59 Å². The maximum Gasteiger partial charge on any atom is 0.257 e. The zero-order chi connectivity index (χ0) is 21.8. The van der Waals surface area contributed by atoms with Gasteiger partial charge in [0.1, 0.15) is 5.75 Å². The molecule has 1 aliphatic rings. The molecule has 1 N–H and O–H groups in total. The molecule has 2 aromatic carbocycles. The predicted molar refractivity (Wildman–Crippen MR) is 121 cm³/mol. The molecule has 0 radical (unpaired) electrons. The number of aromatic nitrogens is 1. The first-order valence-corrected chi connectivity index (χ1v) is 10.6. The van der Waals surface area contributed by atoms with Crippen molar-refractivity contribution >= 4 is 29.1 Å². The van der Waals surface area contributed by atoms with E-state index >= 15 is 0 Å². The summed E-state index contributed by atoms with van der Waals surface area (Å²) in [5, 5.41) is 3.42. The van der Waals surface area contributed by atoms with Gasteiger partial charge in [0.15, 0.2) is 0 Å². The van der Waals surface area contributed by atoms with Crippen molar-refractivity contribution < 1.29 is 14.3 Å². The van der Waals surface area contributed by atoms with Gasteiger partial charge in [-0.2, -0.15) is 0 Å². The van der Waals surface area contributed by atoms with Crippen LogP contribution in [0.2, 0.25) is 5.02 Å². The summed E-state index contributed by atoms with van der Waals surface area (Å²) in [4.78, 5) is 27.5. The fourth-order valence-electron chi connectivity index (χ4n) is 3.85. The number of piperidine rings is 1. The number of anilines is 1. The normalized spacial score (nSPS) is 14.3. The number of nitrogens with zero attached hydrogens (tertiary/aromatic N) is 2. The summed E-state index contributed by atoms with van der Waals surface area (Å²) >= 11 is 6.47. The molecule has 31 heavy (non-hydrogen) atoms. The van der Waals surface area contributed by atoms with Gasteiger partial charge >= 0.3 is 0 Å². The Morgan fingerprint density at radius 2 is 1.71 bits per heavy atom. The predicted octanol–water partition coefficient (Wildman–Crippen LogP) is 4.63. The molecule has 0 bridgehead atoms. The fraction of sp³-hybridized carbons (Fsp3) is 0.250. The molecule has 2 amide bonds. The molecule has 160 valence electrons. The molecule has 3 aromatic rings. The highest BCUT2D eigenvalue weighted by atomic mass is 35.5. The third-order valence-corrected chi connectivity index (χ3v) is 5.88. The van der Waals surface area contributed by atoms with E-state index in [2.05, 4.69) is 5.32 Å². The summed E-state index contributed by atoms with van der Waals surface area (Å²) in [6.07, 6.45) is 4.99. The second kappa shape index (κ2) is 9.27. The third kappa shape index (κ3) is 4.59. The third-order valence-electron chi connectivity index (χ3n) is 5.58. The number of para-hydroxylation sites is 1. The van der Waals surface area contributed by atoms with Crippen molar-refractivity contribution in [3.05, 3.63) is 77.6 Å². The van der Waals surface area contributed by atoms with Crippen molar-refractivity contribution in [3.63, 3.8) is 0 Å². The van der Waals surface area contributed by atoms with Crippen LogP contribution in [0, 0.1) is 5.92 Å². The Labute approximate surface area is 186 Å². The number of hydrogen-bond acceptors (Lipinski definition) is 3. The first-order chi connectivity index (χ1) is 15.1. The van der Waals surface area contributed by atoms with Crippen molar-refractivity contribution in [3.8, 4) is 11.4 Å². The second-order valence-electron chi connectivity index (χ2n) is 7.52. The number of halogens is 1. The molecule has 0 atom stereocenters. The van der Waals surface area contributed by atoms with E-state index in [-0.39, 0.29) is 17.7 Å². The molecule has 2 heterocycles. The highest BCUT2D eigenvalue weighted by Gasteiger charge is 2.29. The zero-order valence-electron chi connectivity index (χ0n) is 17.3. The lowest BCUT2D eigenvalue weighted by atomic mass is 9.95. The average Bonchev–Trinajstić information content (AvgIpc) is 3.34. The lowest BCUT2D eigenvalue weighted by Crippen LogP contribution is -2.41. The van der Waals surface area contributed by atoms with Gasteiger partial charge < -0.3 is 19.5 Å². The van der Waals surface area contributed by atoms with Crippen LogP contribution < -0.4 is 10.1 Å². The SMILES string of the molecule is COc1cc(-n2cccc2)c(Cl)cc1C(=O)N1CCC(C(=O)Nc2ccccc2)CC1. The minimum atomic E-state index is -0.139. The summed E-state index contributed by atoms with van der Waals surface area (Å²) in [7, 11) is 1.54. The molecule has 0 spiro atoms. The summed E-state index contributed by atoms with van der Waals surface area (Å²) in [5.41, 5.74) is 1.96. The van der Waals surface area contributed by atoms with E-state index in [9.17, 15) is 9.59 Å². The van der Waals surface area contributed by atoms with Crippen LogP contribution >= 0.6 is 11.6 Å². The van der Waals surface area contributed by atoms with Crippen molar-refractivity contribution in [2.24, 2.45) is 5.92 Å². The number of nitrogens with one attached hydrogen (secondary N) is 1. The number of methoxy groups -OCH3 is 1. The molecule has 1 aliphatic heterocycles. The van der Waals surface area contributed by atoms with Crippen LogP contribution in [0.15, 0.2) is 67.0 Å². The first-order valence-electron chi connectivity index (χ1n) is 10.2. The number of carbonyl (C=O) groups is 2. The molecule has 1 fully saturated rings. The summed E-state index contributed by atoms with van der Waals surface area (Å²) in [6, 6.07) is 16.6. The van der Waals surface area contributed by atoms with Gasteiger partial charge in [0, 0.05) is 43.2 Å². The number of rotatable bonds is 5. The lowest BCUT2D eigenvalue weighted by molar-refractivity contribution is -0.121. The second-order valence-corrected chi connectivity index (χ2v) is 7.92. The minimum absolute atomic E-state index is 0.00463. The Hall–Kier alpha value is -3.25. The fourth-order valence-corrected chi connectivity index (χ4v) is 4.11. The van der Waals surface area contributed by atoms with Crippen molar-refractivity contribution in [2.45, 2.75) is 12.8 Å². The molecular weight excluding hydrogens is 414 g/mol. The van der Waals surface area contributed by atoms with Crippen molar-refractivity contribution in [1.82, 2.24) is 9.47 Å². The molecule has 1 aromatic heterocycles. The number of benzene rings is 2. The van der Waals surface area contributed by atoms with Gasteiger partial charge in [0.05, 0.1) is 23.4 Å². The van der Waals surface area contributed by atoms with Gasteiger partial charge in [0.25, 0.3) is 5.91 Å². The van der Waals surface area contributed by atoms with Crippen LogP contribution in [0.1, 0.15) is 23.2 Å². The summed E-state index contributed by atoms with van der Waals surface area (Å²) in [6.45, 7) is 1.01. The summed E-state index contributed by atoms with van der Waals surface area (Å²) < 4.78 is 7.36. The van der Waals surface area contributed by atoms with Gasteiger partial charge in [-0.05, 0) is 43.2 Å². The topological polar surface area (TPSA) is 63.6 Å². The molecule has 7 heteroatoms. The van der Waals surface area contributed by atoms with E-state index in [0.29, 0.717) is 42.3 Å². The molecule has 1 saturated heterocycles. The Bertz CT molecular complexity index is 1060. The molecule has 0 unspecified atom stereocenters. The number of ether oxygens (including phenoxy) is 1. The van der Waals surface area contributed by atoms with E-state index < -0.39 is 0 Å². The van der Waals surface area contributed by atoms with Crippen molar-refractivity contribution in [1.29, 1.82) is 0 Å². The maximum atomic E-state index is 13.2. The summed E-state index contributed by atoms with van der Waals surface area (Å²) in [5.74, 6) is 0.211. The van der Waals surface area contributed by atoms with Crippen molar-refractivity contribution in [2.75, 3.05) is 25.5 Å². The van der Waals surface area contributed by atoms with Crippen LogP contribution in [-0.4, -0.2) is 41.5 Å². The van der Waals surface area contributed by atoms with E-state index in [0.717, 1.165) is 11.4 Å². The van der Waals surface area contributed by atoms with Crippen LogP contribution in [0.25, 0.3) is 5.69 Å². The lowest BCUT2D eigenvalue weighted by Gasteiger charge is -2.31. The number of carbonyl (C=O) groups excluding carboxylic acids is 2. The number of hydrogen-bond donors (Lipinski definition) is 1. The Kier molecular flexibility index (Phi) is 6.28. The molecule has 0 saturated carbocycles. The molecule has 0 aliphatic carbocycles. The van der Waals surface area contributed by atoms with E-state index in [1.807, 2.05) is 59.4 Å². The van der Waals surface area contributed by atoms with Crippen LogP contribution in [0.3, 0.4) is 0 Å². The molecule has 4 rings (SSSR count). The van der Waals surface area contributed by atoms with Crippen LogP contribution in [-0.2, 0) is 4.79 Å². The molecule has 6 nitrogen and oxygen atoms in total. The monoisotopic (exact) mass is 437 g/mol. The highest BCUT2D eigenvalue weighted by molar-refractivity contribution is 6.33. The van der Waals surface area contributed by atoms with Gasteiger partial charge in [-0.1, -0.05) is 29.8 Å². The van der Waals surface area contributed by atoms with Gasteiger partial charge in [-0.25, -0.2) is 0 Å².